The minimum absolute atomic E-state index is 0.267. The summed E-state index contributed by atoms with van der Waals surface area (Å²) in [6, 6.07) is 13.1. The van der Waals surface area contributed by atoms with Gasteiger partial charge in [-0.05, 0) is 42.3 Å². The van der Waals surface area contributed by atoms with Crippen LogP contribution < -0.4 is 11.3 Å². The Labute approximate surface area is 131 Å². The maximum Gasteiger partial charge on any atom is 0.264 e. The Bertz CT molecular complexity index is 905. The Hall–Kier alpha value is -2.17. The van der Waals surface area contributed by atoms with Gasteiger partial charge in [0.15, 0.2) is 0 Å². The highest BCUT2D eigenvalue weighted by Gasteiger charge is 2.13. The van der Waals surface area contributed by atoms with Gasteiger partial charge in [0.05, 0.1) is 16.1 Å². The van der Waals surface area contributed by atoms with E-state index in [4.69, 9.17) is 17.3 Å². The molecule has 22 heavy (non-hydrogen) atoms. The van der Waals surface area contributed by atoms with E-state index in [1.807, 2.05) is 12.1 Å². The molecular formula is C17H14ClFN2O. The predicted octanol–water partition coefficient (Wildman–Crippen LogP) is 3.28. The molecule has 1 aromatic heterocycles. The Morgan fingerprint density at radius 3 is 2.64 bits per heavy atom. The molecule has 0 unspecified atom stereocenters. The number of rotatable bonds is 3. The molecule has 3 rings (SSSR count). The summed E-state index contributed by atoms with van der Waals surface area (Å²) in [4.78, 5) is 12.9. The van der Waals surface area contributed by atoms with Crippen LogP contribution in [0.2, 0.25) is 5.02 Å². The third-order valence-corrected chi connectivity index (χ3v) is 3.85. The van der Waals surface area contributed by atoms with Crippen molar-refractivity contribution in [3.05, 3.63) is 75.4 Å². The molecule has 0 aliphatic rings. The summed E-state index contributed by atoms with van der Waals surface area (Å²) in [6.07, 6.45) is 0.508. The van der Waals surface area contributed by atoms with Crippen LogP contribution in [0.1, 0.15) is 5.69 Å². The molecule has 3 aromatic rings. The first kappa shape index (κ1) is 14.8. The lowest BCUT2D eigenvalue weighted by atomic mass is 10.1. The molecule has 1 heterocycles. The molecule has 3 nitrogen and oxygen atoms in total. The van der Waals surface area contributed by atoms with E-state index in [0.717, 1.165) is 11.1 Å². The van der Waals surface area contributed by atoms with E-state index >= 15 is 0 Å². The zero-order valence-electron chi connectivity index (χ0n) is 11.7. The fourth-order valence-electron chi connectivity index (χ4n) is 2.60. The van der Waals surface area contributed by atoms with Crippen molar-refractivity contribution in [2.75, 3.05) is 6.54 Å². The average molecular weight is 317 g/mol. The van der Waals surface area contributed by atoms with Crippen LogP contribution in [0.5, 0.6) is 0 Å². The van der Waals surface area contributed by atoms with Crippen molar-refractivity contribution >= 4 is 22.4 Å². The third kappa shape index (κ3) is 2.51. The number of hydrogen-bond donors (Lipinski definition) is 1. The number of halogens is 2. The van der Waals surface area contributed by atoms with Crippen molar-refractivity contribution in [3.63, 3.8) is 0 Å². The Kier molecular flexibility index (Phi) is 3.96. The Morgan fingerprint density at radius 1 is 1.14 bits per heavy atom. The molecule has 0 saturated heterocycles. The molecule has 0 saturated carbocycles. The molecule has 2 aromatic carbocycles. The van der Waals surface area contributed by atoms with Crippen molar-refractivity contribution in [1.29, 1.82) is 0 Å². The van der Waals surface area contributed by atoms with E-state index in [9.17, 15) is 9.18 Å². The van der Waals surface area contributed by atoms with Crippen LogP contribution in [0, 0.1) is 5.82 Å². The number of hydrogen-bond acceptors (Lipinski definition) is 2. The van der Waals surface area contributed by atoms with Crippen molar-refractivity contribution < 1.29 is 4.39 Å². The van der Waals surface area contributed by atoms with Crippen LogP contribution in [0.25, 0.3) is 16.5 Å². The van der Waals surface area contributed by atoms with Gasteiger partial charge >= 0.3 is 0 Å². The lowest BCUT2D eigenvalue weighted by Crippen LogP contribution is -2.24. The van der Waals surface area contributed by atoms with E-state index in [1.165, 1.54) is 16.7 Å². The van der Waals surface area contributed by atoms with Gasteiger partial charge < -0.3 is 5.73 Å². The highest BCUT2D eigenvalue weighted by atomic mass is 35.5. The van der Waals surface area contributed by atoms with Gasteiger partial charge in [-0.1, -0.05) is 29.8 Å². The van der Waals surface area contributed by atoms with E-state index in [0.29, 0.717) is 29.1 Å². The number of nitrogens with zero attached hydrogens (tertiary/aromatic N) is 1. The summed E-state index contributed by atoms with van der Waals surface area (Å²) < 4.78 is 15.0. The number of aromatic nitrogens is 1. The molecule has 0 fully saturated rings. The molecule has 0 spiro atoms. The van der Waals surface area contributed by atoms with Crippen LogP contribution in [0.4, 0.5) is 4.39 Å². The van der Waals surface area contributed by atoms with E-state index in [1.54, 1.807) is 24.3 Å². The van der Waals surface area contributed by atoms with E-state index in [2.05, 4.69) is 0 Å². The van der Waals surface area contributed by atoms with Crippen LogP contribution >= 0.6 is 11.6 Å². The molecular weight excluding hydrogens is 303 g/mol. The Balaban J connectivity index is 2.41. The summed E-state index contributed by atoms with van der Waals surface area (Å²) in [5, 5.41) is 1.56. The lowest BCUT2D eigenvalue weighted by Gasteiger charge is -2.15. The molecule has 112 valence electrons. The monoisotopic (exact) mass is 316 g/mol. The minimum atomic E-state index is -0.401. The second kappa shape index (κ2) is 5.91. The van der Waals surface area contributed by atoms with Gasteiger partial charge in [0.2, 0.25) is 0 Å². The quantitative estimate of drug-likeness (QED) is 0.806. The topological polar surface area (TPSA) is 48.0 Å². The van der Waals surface area contributed by atoms with Gasteiger partial charge in [0, 0.05) is 12.1 Å². The predicted molar refractivity (Wildman–Crippen MR) is 87.3 cm³/mol. The highest BCUT2D eigenvalue weighted by Crippen LogP contribution is 2.23. The van der Waals surface area contributed by atoms with Crippen molar-refractivity contribution in [3.8, 4) is 5.69 Å². The maximum absolute atomic E-state index is 13.5. The van der Waals surface area contributed by atoms with Crippen molar-refractivity contribution in [2.24, 2.45) is 5.73 Å². The molecule has 2 N–H and O–H groups in total. The highest BCUT2D eigenvalue weighted by molar-refractivity contribution is 6.35. The standard InChI is InChI=1S/C17H14ClFN2O/c18-15-6-1-3-11-9-14(7-8-20)21(17(22)16(11)15)13-5-2-4-12(19)10-13/h1-6,9-10H,7-8,20H2. The van der Waals surface area contributed by atoms with Crippen molar-refractivity contribution in [2.45, 2.75) is 6.42 Å². The first-order valence-corrected chi connectivity index (χ1v) is 7.29. The lowest BCUT2D eigenvalue weighted by molar-refractivity contribution is 0.626. The number of fused-ring (bicyclic) bond motifs is 1. The zero-order chi connectivity index (χ0) is 15.7. The molecule has 0 atom stereocenters. The number of benzene rings is 2. The number of pyridine rings is 1. The van der Waals surface area contributed by atoms with E-state index in [-0.39, 0.29) is 5.56 Å². The van der Waals surface area contributed by atoms with Crippen LogP contribution in [-0.4, -0.2) is 11.1 Å². The van der Waals surface area contributed by atoms with Gasteiger partial charge in [-0.25, -0.2) is 4.39 Å². The Morgan fingerprint density at radius 2 is 1.91 bits per heavy atom. The van der Waals surface area contributed by atoms with Gasteiger partial charge in [-0.3, -0.25) is 9.36 Å². The summed E-state index contributed by atoms with van der Waals surface area (Å²) in [5.41, 5.74) is 6.58. The molecule has 5 heteroatoms. The zero-order valence-corrected chi connectivity index (χ0v) is 12.5. The fraction of sp³-hybridized carbons (Fsp3) is 0.118. The molecule has 0 aliphatic carbocycles. The molecule has 0 bridgehead atoms. The first-order valence-electron chi connectivity index (χ1n) is 6.91. The average Bonchev–Trinajstić information content (AvgIpc) is 2.47. The van der Waals surface area contributed by atoms with Crippen LogP contribution in [0.3, 0.4) is 0 Å². The van der Waals surface area contributed by atoms with E-state index < -0.39 is 5.82 Å². The molecule has 0 radical (unpaired) electrons. The normalized spacial score (nSPS) is 11.0. The number of nitrogens with two attached hydrogens (primary N) is 1. The summed E-state index contributed by atoms with van der Waals surface area (Å²) >= 11 is 6.17. The van der Waals surface area contributed by atoms with Gasteiger partial charge in [-0.2, -0.15) is 0 Å². The summed E-state index contributed by atoms with van der Waals surface area (Å²) in [5.74, 6) is -0.401. The van der Waals surface area contributed by atoms with Gasteiger partial charge in [-0.15, -0.1) is 0 Å². The van der Waals surface area contributed by atoms with Gasteiger partial charge in [0.25, 0.3) is 5.56 Å². The molecule has 0 aliphatic heterocycles. The SMILES string of the molecule is NCCc1cc2cccc(Cl)c2c(=O)n1-c1cccc(F)c1. The van der Waals surface area contributed by atoms with Crippen molar-refractivity contribution in [1.82, 2.24) is 4.57 Å². The smallest absolute Gasteiger partial charge is 0.264 e. The minimum Gasteiger partial charge on any atom is -0.330 e. The second-order valence-electron chi connectivity index (χ2n) is 5.00. The maximum atomic E-state index is 13.5. The summed E-state index contributed by atoms with van der Waals surface area (Å²) in [7, 11) is 0. The summed E-state index contributed by atoms with van der Waals surface area (Å²) in [6.45, 7) is 0.390. The van der Waals surface area contributed by atoms with Gasteiger partial charge in [0.1, 0.15) is 5.82 Å². The second-order valence-corrected chi connectivity index (χ2v) is 5.41. The fourth-order valence-corrected chi connectivity index (χ4v) is 2.87. The third-order valence-electron chi connectivity index (χ3n) is 3.54. The van der Waals surface area contributed by atoms with Crippen LogP contribution in [0.15, 0.2) is 53.3 Å². The van der Waals surface area contributed by atoms with Crippen LogP contribution in [-0.2, 0) is 6.42 Å². The first-order chi connectivity index (χ1) is 10.6. The largest absolute Gasteiger partial charge is 0.330 e. The molecule has 0 amide bonds.